The number of hydrogen-bond acceptors (Lipinski definition) is 4. The van der Waals surface area contributed by atoms with Crippen molar-refractivity contribution in [2.75, 3.05) is 5.32 Å². The highest BCUT2D eigenvalue weighted by atomic mass is 16.3. The average Bonchev–Trinajstić information content (AvgIpc) is 2.51. The third-order valence-electron chi connectivity index (χ3n) is 3.26. The zero-order chi connectivity index (χ0) is 15.7. The molecule has 1 amide bonds. The number of aryl methyl sites for hydroxylation is 1. The van der Waals surface area contributed by atoms with Crippen LogP contribution >= 0.6 is 0 Å². The molecule has 0 fully saturated rings. The van der Waals surface area contributed by atoms with E-state index in [1.807, 2.05) is 6.92 Å². The minimum atomic E-state index is -0.614. The number of nitrogens with zero attached hydrogens (tertiary/aromatic N) is 2. The van der Waals surface area contributed by atoms with E-state index < -0.39 is 11.5 Å². The Morgan fingerprint density at radius 1 is 1.27 bits per heavy atom. The number of pyridine rings is 1. The summed E-state index contributed by atoms with van der Waals surface area (Å²) >= 11 is 0. The van der Waals surface area contributed by atoms with Crippen LogP contribution < -0.4 is 10.9 Å². The fourth-order valence-electron chi connectivity index (χ4n) is 2.12. The Labute approximate surface area is 125 Å². The number of aromatic nitrogens is 2. The molecule has 6 heteroatoms. The molecule has 3 aromatic rings. The van der Waals surface area contributed by atoms with Crippen LogP contribution in [0.3, 0.4) is 0 Å². The minimum absolute atomic E-state index is 0.0622. The highest BCUT2D eigenvalue weighted by molar-refractivity contribution is 6.04. The summed E-state index contributed by atoms with van der Waals surface area (Å²) < 4.78 is 1.30. The first-order chi connectivity index (χ1) is 10.6. The molecule has 0 atom stereocenters. The lowest BCUT2D eigenvalue weighted by atomic mass is 10.2. The number of rotatable bonds is 2. The SMILES string of the molecule is Cc1ccc(O)c(NC(=O)c2cnc3ccccn3c2=O)c1. The third kappa shape index (κ3) is 2.42. The number of carbonyl (C=O) groups is 1. The van der Waals surface area contributed by atoms with Crippen LogP contribution in [0.1, 0.15) is 15.9 Å². The predicted molar refractivity (Wildman–Crippen MR) is 82.3 cm³/mol. The molecule has 3 rings (SSSR count). The molecule has 6 nitrogen and oxygen atoms in total. The molecular weight excluding hydrogens is 282 g/mol. The summed E-state index contributed by atoms with van der Waals surface area (Å²) in [7, 11) is 0. The first-order valence-corrected chi connectivity index (χ1v) is 6.63. The van der Waals surface area contributed by atoms with Gasteiger partial charge in [-0.25, -0.2) is 4.98 Å². The standard InChI is InChI=1S/C16H13N3O3/c1-10-5-6-13(20)12(8-10)18-15(21)11-9-17-14-4-2-3-7-19(14)16(11)22/h2-9,20H,1H3,(H,18,21). The van der Waals surface area contributed by atoms with E-state index in [1.54, 1.807) is 36.5 Å². The van der Waals surface area contributed by atoms with Gasteiger partial charge in [0.15, 0.2) is 0 Å². The second-order valence-corrected chi connectivity index (χ2v) is 4.88. The summed E-state index contributed by atoms with van der Waals surface area (Å²) in [5.74, 6) is -0.676. The van der Waals surface area contributed by atoms with Gasteiger partial charge in [0.05, 0.1) is 5.69 Å². The lowest BCUT2D eigenvalue weighted by molar-refractivity contribution is 0.102. The molecule has 0 aliphatic heterocycles. The highest BCUT2D eigenvalue weighted by Crippen LogP contribution is 2.24. The number of amides is 1. The number of carbonyl (C=O) groups excluding carboxylic acids is 1. The number of nitrogens with one attached hydrogen (secondary N) is 1. The predicted octanol–water partition coefficient (Wildman–Crippen LogP) is 1.96. The maximum absolute atomic E-state index is 12.3. The molecule has 0 saturated carbocycles. The van der Waals surface area contributed by atoms with Crippen LogP contribution in [0, 0.1) is 6.92 Å². The van der Waals surface area contributed by atoms with E-state index in [-0.39, 0.29) is 17.0 Å². The second kappa shape index (κ2) is 5.33. The van der Waals surface area contributed by atoms with Gasteiger partial charge < -0.3 is 10.4 Å². The number of hydrogen-bond donors (Lipinski definition) is 2. The molecule has 0 aliphatic carbocycles. The van der Waals surface area contributed by atoms with Crippen molar-refractivity contribution in [2.24, 2.45) is 0 Å². The molecular formula is C16H13N3O3. The van der Waals surface area contributed by atoms with Gasteiger partial charge in [-0.2, -0.15) is 0 Å². The molecule has 0 radical (unpaired) electrons. The molecule has 0 bridgehead atoms. The third-order valence-corrected chi connectivity index (χ3v) is 3.26. The molecule has 22 heavy (non-hydrogen) atoms. The number of anilines is 1. The van der Waals surface area contributed by atoms with Crippen LogP contribution in [-0.4, -0.2) is 20.4 Å². The number of phenols is 1. The molecule has 0 aliphatic rings. The Hall–Kier alpha value is -3.15. The summed E-state index contributed by atoms with van der Waals surface area (Å²) in [6.45, 7) is 1.83. The maximum Gasteiger partial charge on any atom is 0.270 e. The Kier molecular flexibility index (Phi) is 3.34. The fourth-order valence-corrected chi connectivity index (χ4v) is 2.12. The lowest BCUT2D eigenvalue weighted by Crippen LogP contribution is -2.26. The molecule has 2 aromatic heterocycles. The van der Waals surface area contributed by atoms with Gasteiger partial charge in [-0.05, 0) is 36.8 Å². The van der Waals surface area contributed by atoms with E-state index in [2.05, 4.69) is 10.3 Å². The van der Waals surface area contributed by atoms with Crippen LogP contribution in [0.2, 0.25) is 0 Å². The monoisotopic (exact) mass is 295 g/mol. The quantitative estimate of drug-likeness (QED) is 0.708. The molecule has 0 saturated heterocycles. The van der Waals surface area contributed by atoms with E-state index in [1.165, 1.54) is 16.7 Å². The molecule has 1 aromatic carbocycles. The van der Waals surface area contributed by atoms with Gasteiger partial charge in [-0.1, -0.05) is 12.1 Å². The van der Waals surface area contributed by atoms with Crippen LogP contribution in [-0.2, 0) is 0 Å². The van der Waals surface area contributed by atoms with Gasteiger partial charge in [-0.15, -0.1) is 0 Å². The average molecular weight is 295 g/mol. The van der Waals surface area contributed by atoms with Crippen molar-refractivity contribution >= 4 is 17.2 Å². The van der Waals surface area contributed by atoms with Gasteiger partial charge in [-0.3, -0.25) is 14.0 Å². The van der Waals surface area contributed by atoms with E-state index in [4.69, 9.17) is 0 Å². The summed E-state index contributed by atoms with van der Waals surface area (Å²) in [5, 5.41) is 12.3. The van der Waals surface area contributed by atoms with Crippen molar-refractivity contribution in [1.82, 2.24) is 9.38 Å². The fraction of sp³-hybridized carbons (Fsp3) is 0.0625. The van der Waals surface area contributed by atoms with E-state index in [9.17, 15) is 14.7 Å². The second-order valence-electron chi connectivity index (χ2n) is 4.88. The van der Waals surface area contributed by atoms with Crippen LogP contribution in [0.4, 0.5) is 5.69 Å². The number of fused-ring (bicyclic) bond motifs is 1. The Morgan fingerprint density at radius 3 is 2.91 bits per heavy atom. The summed E-state index contributed by atoms with van der Waals surface area (Å²) in [5.41, 5.74) is 1.03. The van der Waals surface area contributed by atoms with Crippen LogP contribution in [0.15, 0.2) is 53.6 Å². The molecule has 0 unspecified atom stereocenters. The van der Waals surface area contributed by atoms with E-state index in [0.29, 0.717) is 5.65 Å². The van der Waals surface area contributed by atoms with Gasteiger partial charge in [0, 0.05) is 12.4 Å². The Bertz CT molecular complexity index is 931. The maximum atomic E-state index is 12.3. The van der Waals surface area contributed by atoms with Crippen molar-refractivity contribution in [3.8, 4) is 5.75 Å². The highest BCUT2D eigenvalue weighted by Gasteiger charge is 2.14. The lowest BCUT2D eigenvalue weighted by Gasteiger charge is -2.08. The van der Waals surface area contributed by atoms with Gasteiger partial charge in [0.25, 0.3) is 11.5 Å². The largest absolute Gasteiger partial charge is 0.506 e. The van der Waals surface area contributed by atoms with E-state index in [0.717, 1.165) is 5.56 Å². The molecule has 2 heterocycles. The number of benzene rings is 1. The topological polar surface area (TPSA) is 83.7 Å². The summed E-state index contributed by atoms with van der Waals surface area (Å²) in [6, 6.07) is 9.94. The van der Waals surface area contributed by atoms with Gasteiger partial charge >= 0.3 is 0 Å². The minimum Gasteiger partial charge on any atom is -0.506 e. The normalized spacial score (nSPS) is 10.6. The molecule has 0 spiro atoms. The first-order valence-electron chi connectivity index (χ1n) is 6.63. The van der Waals surface area contributed by atoms with Gasteiger partial charge in [0.2, 0.25) is 0 Å². The van der Waals surface area contributed by atoms with Gasteiger partial charge in [0.1, 0.15) is 17.0 Å². The van der Waals surface area contributed by atoms with Crippen molar-refractivity contribution in [3.63, 3.8) is 0 Å². The first kappa shape index (κ1) is 13.8. The van der Waals surface area contributed by atoms with Crippen molar-refractivity contribution in [1.29, 1.82) is 0 Å². The smallest absolute Gasteiger partial charge is 0.270 e. The summed E-state index contributed by atoms with van der Waals surface area (Å²) in [4.78, 5) is 28.7. The zero-order valence-electron chi connectivity index (χ0n) is 11.8. The van der Waals surface area contributed by atoms with Crippen molar-refractivity contribution in [3.05, 3.63) is 70.3 Å². The van der Waals surface area contributed by atoms with Crippen LogP contribution in [0.5, 0.6) is 5.75 Å². The van der Waals surface area contributed by atoms with E-state index >= 15 is 0 Å². The van der Waals surface area contributed by atoms with Crippen molar-refractivity contribution < 1.29 is 9.90 Å². The zero-order valence-corrected chi connectivity index (χ0v) is 11.8. The summed E-state index contributed by atoms with van der Waals surface area (Å²) in [6.07, 6.45) is 2.78. The van der Waals surface area contributed by atoms with Crippen molar-refractivity contribution in [2.45, 2.75) is 6.92 Å². The molecule has 110 valence electrons. The Morgan fingerprint density at radius 2 is 2.09 bits per heavy atom. The van der Waals surface area contributed by atoms with Crippen LogP contribution in [0.25, 0.3) is 5.65 Å². The number of phenolic OH excluding ortho intramolecular Hbond substituents is 1. The molecule has 2 N–H and O–H groups in total. The Balaban J connectivity index is 2.01. The number of aromatic hydroxyl groups is 1.